The predicted molar refractivity (Wildman–Crippen MR) is 91.5 cm³/mol. The minimum Gasteiger partial charge on any atom is -0.388 e. The van der Waals surface area contributed by atoms with Gasteiger partial charge in [-0.3, -0.25) is 0 Å². The lowest BCUT2D eigenvalue weighted by atomic mass is 10.3. The van der Waals surface area contributed by atoms with E-state index < -0.39 is 6.10 Å². The fourth-order valence-electron chi connectivity index (χ4n) is 1.83. The molecule has 7 nitrogen and oxygen atoms in total. The first kappa shape index (κ1) is 23.7. The molecule has 0 aromatic rings. The van der Waals surface area contributed by atoms with Crippen LogP contribution in [0.5, 0.6) is 0 Å². The number of rotatable bonds is 18. The van der Waals surface area contributed by atoms with Gasteiger partial charge in [-0.05, 0) is 27.7 Å². The molecule has 2 atom stereocenters. The van der Waals surface area contributed by atoms with Gasteiger partial charge in [-0.2, -0.15) is 0 Å². The van der Waals surface area contributed by atoms with Gasteiger partial charge in [-0.15, -0.1) is 0 Å². The second-order valence-corrected chi connectivity index (χ2v) is 5.20. The smallest absolute Gasteiger partial charge is 0.104 e. The molecule has 0 bridgehead atoms. The molecule has 24 heavy (non-hydrogen) atoms. The van der Waals surface area contributed by atoms with Gasteiger partial charge in [0, 0.05) is 26.4 Å². The van der Waals surface area contributed by atoms with E-state index in [0.29, 0.717) is 52.9 Å². The van der Waals surface area contributed by atoms with Crippen LogP contribution in [0.4, 0.5) is 0 Å². The molecule has 0 spiro atoms. The maximum atomic E-state index is 9.79. The molecule has 0 aromatic carbocycles. The van der Waals surface area contributed by atoms with Crippen LogP contribution in [-0.4, -0.2) is 89.5 Å². The van der Waals surface area contributed by atoms with Crippen molar-refractivity contribution < 1.29 is 33.5 Å². The number of hydrogen-bond donors (Lipinski definition) is 1. The molecule has 0 saturated heterocycles. The number of ether oxygens (including phenoxy) is 6. The van der Waals surface area contributed by atoms with E-state index >= 15 is 0 Å². The molecule has 1 N–H and O–H groups in total. The van der Waals surface area contributed by atoms with Crippen LogP contribution in [0.1, 0.15) is 27.7 Å². The normalized spacial score (nSPS) is 14.2. The molecular formula is C17H36O7. The summed E-state index contributed by atoms with van der Waals surface area (Å²) >= 11 is 0. The lowest BCUT2D eigenvalue weighted by Crippen LogP contribution is -2.35. The Balaban J connectivity index is 4.24. The molecule has 0 saturated carbocycles. The van der Waals surface area contributed by atoms with Crippen LogP contribution in [0.25, 0.3) is 0 Å². The minimum atomic E-state index is -0.656. The van der Waals surface area contributed by atoms with Crippen molar-refractivity contribution >= 4 is 0 Å². The van der Waals surface area contributed by atoms with E-state index in [1.807, 2.05) is 27.7 Å². The van der Waals surface area contributed by atoms with E-state index in [1.165, 1.54) is 0 Å². The van der Waals surface area contributed by atoms with Gasteiger partial charge in [0.1, 0.15) is 18.3 Å². The molecule has 0 radical (unpaired) electrons. The van der Waals surface area contributed by atoms with Crippen molar-refractivity contribution in [2.75, 3.05) is 66.1 Å². The Hall–Kier alpha value is -0.280. The summed E-state index contributed by atoms with van der Waals surface area (Å²) in [6.45, 7) is 12.3. The van der Waals surface area contributed by atoms with Gasteiger partial charge >= 0.3 is 0 Å². The van der Waals surface area contributed by atoms with Gasteiger partial charge in [-0.25, -0.2) is 0 Å². The second-order valence-electron chi connectivity index (χ2n) is 5.20. The molecule has 0 amide bonds. The maximum absolute atomic E-state index is 9.79. The highest BCUT2D eigenvalue weighted by Crippen LogP contribution is 2.03. The van der Waals surface area contributed by atoms with Gasteiger partial charge in [0.2, 0.25) is 0 Å². The van der Waals surface area contributed by atoms with Gasteiger partial charge < -0.3 is 33.5 Å². The maximum Gasteiger partial charge on any atom is 0.104 e. The van der Waals surface area contributed by atoms with E-state index in [4.69, 9.17) is 28.4 Å². The van der Waals surface area contributed by atoms with Gasteiger partial charge in [0.25, 0.3) is 0 Å². The summed E-state index contributed by atoms with van der Waals surface area (Å²) in [7, 11) is 0. The van der Waals surface area contributed by atoms with E-state index in [2.05, 4.69) is 0 Å². The monoisotopic (exact) mass is 352 g/mol. The molecule has 0 aliphatic rings. The van der Waals surface area contributed by atoms with Gasteiger partial charge in [0.05, 0.1) is 39.6 Å². The van der Waals surface area contributed by atoms with E-state index in [1.54, 1.807) is 0 Å². The lowest BCUT2D eigenvalue weighted by molar-refractivity contribution is -0.121. The third-order valence-corrected chi connectivity index (χ3v) is 3.08. The highest BCUT2D eigenvalue weighted by molar-refractivity contribution is 4.63. The van der Waals surface area contributed by atoms with Crippen molar-refractivity contribution in [1.82, 2.24) is 0 Å². The van der Waals surface area contributed by atoms with Crippen LogP contribution in [-0.2, 0) is 28.4 Å². The second kappa shape index (κ2) is 17.5. The summed E-state index contributed by atoms with van der Waals surface area (Å²) in [6, 6.07) is 0. The van der Waals surface area contributed by atoms with Crippen LogP contribution >= 0.6 is 0 Å². The van der Waals surface area contributed by atoms with Crippen LogP contribution < -0.4 is 0 Å². The van der Waals surface area contributed by atoms with Crippen molar-refractivity contribution in [2.45, 2.75) is 46.0 Å². The Kier molecular flexibility index (Phi) is 17.3. The summed E-state index contributed by atoms with van der Waals surface area (Å²) in [5.41, 5.74) is 0. The molecule has 0 aliphatic heterocycles. The summed E-state index contributed by atoms with van der Waals surface area (Å²) < 4.78 is 33.0. The predicted octanol–water partition coefficient (Wildman–Crippen LogP) is 1.26. The zero-order chi connectivity index (χ0) is 18.0. The molecule has 0 heterocycles. The largest absolute Gasteiger partial charge is 0.388 e. The van der Waals surface area contributed by atoms with Gasteiger partial charge in [0.15, 0.2) is 0 Å². The molecule has 7 heteroatoms. The third kappa shape index (κ3) is 14.1. The Morgan fingerprint density at radius 1 is 0.542 bits per heavy atom. The molecule has 0 aromatic heterocycles. The standard InChI is InChI=1S/C17H36O7/c1-5-19-9-15(18)10-23-17(13-22-8-4)14-24-16(11-20-6-2)12-21-7-3/h15-18H,5-14H2,1-4H3. The summed E-state index contributed by atoms with van der Waals surface area (Å²) in [4.78, 5) is 0. The van der Waals surface area contributed by atoms with Crippen LogP contribution in [0.15, 0.2) is 0 Å². The third-order valence-electron chi connectivity index (χ3n) is 3.08. The van der Waals surface area contributed by atoms with Crippen molar-refractivity contribution in [3.8, 4) is 0 Å². The fourth-order valence-corrected chi connectivity index (χ4v) is 1.83. The average Bonchev–Trinajstić information content (AvgIpc) is 2.60. The highest BCUT2D eigenvalue weighted by Gasteiger charge is 2.17. The summed E-state index contributed by atoms with van der Waals surface area (Å²) in [6.07, 6.45) is -1.06. The van der Waals surface area contributed by atoms with Crippen LogP contribution in [0, 0.1) is 0 Å². The Bertz CT molecular complexity index is 245. The molecular weight excluding hydrogens is 316 g/mol. The summed E-state index contributed by atoms with van der Waals surface area (Å²) in [5.74, 6) is 0. The Morgan fingerprint density at radius 2 is 0.917 bits per heavy atom. The first-order valence-corrected chi connectivity index (χ1v) is 8.89. The Morgan fingerprint density at radius 3 is 1.38 bits per heavy atom. The average molecular weight is 352 g/mol. The molecule has 146 valence electrons. The van der Waals surface area contributed by atoms with Crippen molar-refractivity contribution in [1.29, 1.82) is 0 Å². The van der Waals surface area contributed by atoms with Crippen molar-refractivity contribution in [3.63, 3.8) is 0 Å². The quantitative estimate of drug-likeness (QED) is 0.398. The first-order chi connectivity index (χ1) is 11.7. The van der Waals surface area contributed by atoms with Crippen LogP contribution in [0.3, 0.4) is 0 Å². The SMILES string of the molecule is CCOCC(O)COC(COCC)COC(COCC)COCC. The Labute approximate surface area is 146 Å². The zero-order valence-electron chi connectivity index (χ0n) is 15.7. The number of aliphatic hydroxyl groups is 1. The lowest BCUT2D eigenvalue weighted by Gasteiger charge is -2.23. The highest BCUT2D eigenvalue weighted by atomic mass is 16.6. The number of hydrogen-bond acceptors (Lipinski definition) is 7. The van der Waals surface area contributed by atoms with Crippen molar-refractivity contribution in [2.24, 2.45) is 0 Å². The topological polar surface area (TPSA) is 75.6 Å². The van der Waals surface area contributed by atoms with E-state index in [-0.39, 0.29) is 25.4 Å². The van der Waals surface area contributed by atoms with E-state index in [0.717, 1.165) is 0 Å². The summed E-state index contributed by atoms with van der Waals surface area (Å²) in [5, 5.41) is 9.79. The molecule has 0 aliphatic carbocycles. The zero-order valence-corrected chi connectivity index (χ0v) is 15.7. The minimum absolute atomic E-state index is 0.147. The molecule has 2 unspecified atom stereocenters. The van der Waals surface area contributed by atoms with Crippen LogP contribution in [0.2, 0.25) is 0 Å². The molecule has 0 rings (SSSR count). The van der Waals surface area contributed by atoms with E-state index in [9.17, 15) is 5.11 Å². The van der Waals surface area contributed by atoms with Crippen molar-refractivity contribution in [3.05, 3.63) is 0 Å². The number of aliphatic hydroxyl groups excluding tert-OH is 1. The fraction of sp³-hybridized carbons (Fsp3) is 1.00. The first-order valence-electron chi connectivity index (χ1n) is 8.89. The van der Waals surface area contributed by atoms with Gasteiger partial charge in [-0.1, -0.05) is 0 Å². The molecule has 0 fully saturated rings.